The second-order valence-electron chi connectivity index (χ2n) is 5.07. The fourth-order valence-electron chi connectivity index (χ4n) is 2.01. The number of hydrogen-bond acceptors (Lipinski definition) is 3. The van der Waals surface area contributed by atoms with Gasteiger partial charge in [-0.2, -0.15) is 0 Å². The molecular weight excluding hydrogens is 295 g/mol. The summed E-state index contributed by atoms with van der Waals surface area (Å²) >= 11 is 0. The van der Waals surface area contributed by atoms with Crippen LogP contribution in [0.15, 0.2) is 54.6 Å². The molecule has 0 saturated heterocycles. The minimum Gasteiger partial charge on any atom is -0.395 e. The second kappa shape index (κ2) is 8.10. The van der Waals surface area contributed by atoms with Crippen molar-refractivity contribution in [2.24, 2.45) is 0 Å². The summed E-state index contributed by atoms with van der Waals surface area (Å²) in [5.74, 6) is -0.566. The molecule has 0 bridgehead atoms. The molecule has 5 heteroatoms. The summed E-state index contributed by atoms with van der Waals surface area (Å²) in [6.07, 6.45) is 3.03. The number of likely N-dealkylation sites (N-methyl/N-ethyl adjacent to an activating group) is 1. The third-order valence-corrected chi connectivity index (χ3v) is 3.31. The Morgan fingerprint density at radius 1 is 1.17 bits per heavy atom. The first-order valence-electron chi connectivity index (χ1n) is 7.25. The monoisotopic (exact) mass is 314 g/mol. The molecule has 0 aliphatic carbocycles. The van der Waals surface area contributed by atoms with Crippen LogP contribution in [0, 0.1) is 5.82 Å². The van der Waals surface area contributed by atoms with E-state index in [4.69, 9.17) is 5.11 Å². The maximum Gasteiger partial charge on any atom is 0.248 e. The maximum absolute atomic E-state index is 12.8. The molecule has 2 aromatic carbocycles. The Hall–Kier alpha value is -2.66. The molecule has 2 rings (SSSR count). The summed E-state index contributed by atoms with van der Waals surface area (Å²) in [7, 11) is 1.88. The topological polar surface area (TPSA) is 52.6 Å². The first-order chi connectivity index (χ1) is 11.1. The number of aliphatic hydroxyl groups is 1. The van der Waals surface area contributed by atoms with Crippen LogP contribution in [0.2, 0.25) is 0 Å². The van der Waals surface area contributed by atoms with E-state index in [2.05, 4.69) is 5.32 Å². The highest BCUT2D eigenvalue weighted by molar-refractivity contribution is 6.01. The van der Waals surface area contributed by atoms with Gasteiger partial charge in [-0.1, -0.05) is 12.1 Å². The molecule has 0 unspecified atom stereocenters. The quantitative estimate of drug-likeness (QED) is 0.806. The fourth-order valence-corrected chi connectivity index (χ4v) is 2.01. The molecule has 0 radical (unpaired) electrons. The Bertz CT molecular complexity index is 666. The van der Waals surface area contributed by atoms with Crippen LogP contribution in [0.1, 0.15) is 5.56 Å². The van der Waals surface area contributed by atoms with E-state index in [1.807, 2.05) is 24.1 Å². The lowest BCUT2D eigenvalue weighted by Gasteiger charge is -2.18. The van der Waals surface area contributed by atoms with Crippen LogP contribution < -0.4 is 10.2 Å². The van der Waals surface area contributed by atoms with Crippen LogP contribution in [0.4, 0.5) is 15.8 Å². The number of hydrogen-bond donors (Lipinski definition) is 2. The molecule has 0 aromatic heterocycles. The van der Waals surface area contributed by atoms with Crippen molar-refractivity contribution in [1.82, 2.24) is 0 Å². The Balaban J connectivity index is 1.93. The zero-order chi connectivity index (χ0) is 16.7. The number of halogens is 1. The zero-order valence-corrected chi connectivity index (χ0v) is 12.9. The number of nitrogens with zero attached hydrogens (tertiary/aromatic N) is 1. The first-order valence-corrected chi connectivity index (χ1v) is 7.25. The van der Waals surface area contributed by atoms with E-state index >= 15 is 0 Å². The molecule has 120 valence electrons. The van der Waals surface area contributed by atoms with Crippen molar-refractivity contribution in [2.75, 3.05) is 30.4 Å². The maximum atomic E-state index is 12.8. The molecule has 0 aliphatic rings. The van der Waals surface area contributed by atoms with Crippen LogP contribution in [0.5, 0.6) is 0 Å². The van der Waals surface area contributed by atoms with Gasteiger partial charge in [-0.05, 0) is 48.0 Å². The van der Waals surface area contributed by atoms with Crippen LogP contribution in [0.3, 0.4) is 0 Å². The molecule has 0 atom stereocenters. The normalized spacial score (nSPS) is 10.7. The van der Waals surface area contributed by atoms with E-state index in [1.54, 1.807) is 30.3 Å². The molecule has 0 saturated carbocycles. The Morgan fingerprint density at radius 2 is 1.83 bits per heavy atom. The predicted octanol–water partition coefficient (Wildman–Crippen LogP) is 2.91. The van der Waals surface area contributed by atoms with Crippen molar-refractivity contribution >= 4 is 23.4 Å². The average molecular weight is 314 g/mol. The highest BCUT2D eigenvalue weighted by Crippen LogP contribution is 2.16. The molecular formula is C18H19FN2O2. The summed E-state index contributed by atoms with van der Waals surface area (Å²) in [6.45, 7) is 0.634. The van der Waals surface area contributed by atoms with Crippen molar-refractivity contribution in [3.8, 4) is 0 Å². The number of rotatable bonds is 6. The van der Waals surface area contributed by atoms with Gasteiger partial charge < -0.3 is 15.3 Å². The molecule has 2 aromatic rings. The molecule has 0 fully saturated rings. The lowest BCUT2D eigenvalue weighted by atomic mass is 10.2. The van der Waals surface area contributed by atoms with Crippen LogP contribution >= 0.6 is 0 Å². The van der Waals surface area contributed by atoms with E-state index in [-0.39, 0.29) is 18.3 Å². The van der Waals surface area contributed by atoms with Crippen molar-refractivity contribution in [1.29, 1.82) is 0 Å². The molecule has 23 heavy (non-hydrogen) atoms. The van der Waals surface area contributed by atoms with Crippen molar-refractivity contribution in [3.05, 3.63) is 66.0 Å². The average Bonchev–Trinajstić information content (AvgIpc) is 2.55. The predicted molar refractivity (Wildman–Crippen MR) is 90.9 cm³/mol. The number of benzene rings is 2. The SMILES string of the molecule is CN(CCO)c1ccc(NC(=O)/C=C/c2ccc(F)cc2)cc1. The first kappa shape index (κ1) is 16.7. The molecule has 2 N–H and O–H groups in total. The summed E-state index contributed by atoms with van der Waals surface area (Å²) in [5.41, 5.74) is 2.39. The summed E-state index contributed by atoms with van der Waals surface area (Å²) in [4.78, 5) is 13.8. The van der Waals surface area contributed by atoms with Gasteiger partial charge in [0.1, 0.15) is 5.82 Å². The van der Waals surface area contributed by atoms with E-state index in [0.717, 1.165) is 11.3 Å². The van der Waals surface area contributed by atoms with E-state index in [9.17, 15) is 9.18 Å². The van der Waals surface area contributed by atoms with Gasteiger partial charge in [-0.3, -0.25) is 4.79 Å². The van der Waals surface area contributed by atoms with Crippen molar-refractivity contribution in [3.63, 3.8) is 0 Å². The molecule has 1 amide bonds. The fraction of sp³-hybridized carbons (Fsp3) is 0.167. The van der Waals surface area contributed by atoms with Gasteiger partial charge >= 0.3 is 0 Å². The highest BCUT2D eigenvalue weighted by atomic mass is 19.1. The number of amides is 1. The van der Waals surface area contributed by atoms with Gasteiger partial charge in [-0.15, -0.1) is 0 Å². The smallest absolute Gasteiger partial charge is 0.248 e. The molecule has 4 nitrogen and oxygen atoms in total. The van der Waals surface area contributed by atoms with E-state index in [1.165, 1.54) is 18.2 Å². The molecule has 0 heterocycles. The Morgan fingerprint density at radius 3 is 2.43 bits per heavy atom. The van der Waals surface area contributed by atoms with Gasteiger partial charge in [0.05, 0.1) is 6.61 Å². The van der Waals surface area contributed by atoms with Gasteiger partial charge in [0, 0.05) is 31.0 Å². The zero-order valence-electron chi connectivity index (χ0n) is 12.9. The van der Waals surface area contributed by atoms with Crippen molar-refractivity contribution < 1.29 is 14.3 Å². The number of nitrogens with one attached hydrogen (secondary N) is 1. The lowest BCUT2D eigenvalue weighted by Crippen LogP contribution is -2.20. The van der Waals surface area contributed by atoms with Gasteiger partial charge in [0.25, 0.3) is 0 Å². The standard InChI is InChI=1S/C18H19FN2O2/c1-21(12-13-22)17-9-7-16(8-10-17)20-18(23)11-4-14-2-5-15(19)6-3-14/h2-11,22H,12-13H2,1H3,(H,20,23)/b11-4+. The minimum absolute atomic E-state index is 0.0865. The molecule has 0 aliphatic heterocycles. The summed E-state index contributed by atoms with van der Waals surface area (Å²) in [6, 6.07) is 13.2. The van der Waals surface area contributed by atoms with E-state index < -0.39 is 0 Å². The second-order valence-corrected chi connectivity index (χ2v) is 5.07. The number of anilines is 2. The Kier molecular flexibility index (Phi) is 5.88. The van der Waals surface area contributed by atoms with Gasteiger partial charge in [0.2, 0.25) is 5.91 Å². The Labute approximate surface area is 134 Å². The highest BCUT2D eigenvalue weighted by Gasteiger charge is 2.02. The number of aliphatic hydroxyl groups excluding tert-OH is 1. The summed E-state index contributed by atoms with van der Waals surface area (Å²) < 4.78 is 12.8. The van der Waals surface area contributed by atoms with Crippen LogP contribution in [-0.2, 0) is 4.79 Å². The van der Waals surface area contributed by atoms with Crippen LogP contribution in [0.25, 0.3) is 6.08 Å². The van der Waals surface area contributed by atoms with Crippen molar-refractivity contribution in [2.45, 2.75) is 0 Å². The van der Waals surface area contributed by atoms with Crippen LogP contribution in [-0.4, -0.2) is 31.2 Å². The third kappa shape index (κ3) is 5.23. The van der Waals surface area contributed by atoms with Gasteiger partial charge in [-0.25, -0.2) is 4.39 Å². The summed E-state index contributed by atoms with van der Waals surface area (Å²) in [5, 5.41) is 11.7. The lowest BCUT2D eigenvalue weighted by molar-refractivity contribution is -0.111. The minimum atomic E-state index is -0.308. The largest absolute Gasteiger partial charge is 0.395 e. The van der Waals surface area contributed by atoms with E-state index in [0.29, 0.717) is 12.2 Å². The van der Waals surface area contributed by atoms with Gasteiger partial charge in [0.15, 0.2) is 0 Å². The molecule has 0 spiro atoms. The number of carbonyl (C=O) groups excluding carboxylic acids is 1. The third-order valence-electron chi connectivity index (χ3n) is 3.31. The number of carbonyl (C=O) groups is 1.